The molecule has 4 aromatic rings. The lowest BCUT2D eigenvalue weighted by atomic mass is 10.0. The Balaban J connectivity index is 1.75. The van der Waals surface area contributed by atoms with Gasteiger partial charge in [0.25, 0.3) is 5.91 Å². The predicted molar refractivity (Wildman–Crippen MR) is 102 cm³/mol. The first-order chi connectivity index (χ1) is 12.7. The van der Waals surface area contributed by atoms with Crippen LogP contribution >= 0.6 is 0 Å². The molecule has 26 heavy (non-hydrogen) atoms. The van der Waals surface area contributed by atoms with E-state index < -0.39 is 0 Å². The summed E-state index contributed by atoms with van der Waals surface area (Å²) in [6.45, 7) is 2.04. The molecule has 0 aliphatic carbocycles. The minimum absolute atomic E-state index is 0.298. The number of aryl methyl sites for hydroxylation is 1. The Morgan fingerprint density at radius 1 is 1.19 bits per heavy atom. The predicted octanol–water partition coefficient (Wildman–Crippen LogP) is 3.63. The van der Waals surface area contributed by atoms with Gasteiger partial charge in [0.05, 0.1) is 24.4 Å². The van der Waals surface area contributed by atoms with Crippen molar-refractivity contribution in [3.63, 3.8) is 0 Å². The van der Waals surface area contributed by atoms with Crippen LogP contribution in [-0.4, -0.2) is 27.1 Å². The second kappa shape index (κ2) is 6.68. The maximum Gasteiger partial charge on any atom is 0.288 e. The summed E-state index contributed by atoms with van der Waals surface area (Å²) < 4.78 is 0. The van der Waals surface area contributed by atoms with Crippen molar-refractivity contribution in [3.05, 3.63) is 78.0 Å². The van der Waals surface area contributed by atoms with Crippen molar-refractivity contribution in [1.82, 2.24) is 20.4 Å². The number of nitrogens with zero attached hydrogens (tertiary/aromatic N) is 2. The molecule has 0 aliphatic heterocycles. The average Bonchev–Trinajstić information content (AvgIpc) is 3.29. The van der Waals surface area contributed by atoms with E-state index in [1.165, 1.54) is 6.21 Å². The zero-order valence-corrected chi connectivity index (χ0v) is 14.2. The molecule has 0 spiro atoms. The Morgan fingerprint density at radius 3 is 2.81 bits per heavy atom. The molecule has 2 aromatic heterocycles. The van der Waals surface area contributed by atoms with Crippen molar-refractivity contribution >= 4 is 23.0 Å². The number of fused-ring (bicyclic) bond motifs is 1. The lowest BCUT2D eigenvalue weighted by molar-refractivity contribution is 0.0951. The van der Waals surface area contributed by atoms with Crippen LogP contribution in [0.2, 0.25) is 0 Å². The molecule has 0 bridgehead atoms. The third-order valence-corrected chi connectivity index (χ3v) is 4.13. The number of hydrogen-bond donors (Lipinski definition) is 3. The Hall–Kier alpha value is -3.67. The first kappa shape index (κ1) is 15.8. The first-order valence-electron chi connectivity index (χ1n) is 8.22. The molecule has 6 nitrogen and oxygen atoms in total. The van der Waals surface area contributed by atoms with Gasteiger partial charge in [-0.25, -0.2) is 10.4 Å². The van der Waals surface area contributed by atoms with E-state index >= 15 is 0 Å². The van der Waals surface area contributed by atoms with Crippen LogP contribution in [0.3, 0.4) is 0 Å². The number of aromatic amines is 2. The third kappa shape index (κ3) is 3.00. The van der Waals surface area contributed by atoms with Crippen molar-refractivity contribution in [2.75, 3.05) is 0 Å². The van der Waals surface area contributed by atoms with Gasteiger partial charge < -0.3 is 9.97 Å². The molecular weight excluding hydrogens is 326 g/mol. The first-order valence-corrected chi connectivity index (χ1v) is 8.22. The number of nitrogens with one attached hydrogen (secondary N) is 3. The van der Waals surface area contributed by atoms with Gasteiger partial charge in [0.2, 0.25) is 0 Å². The summed E-state index contributed by atoms with van der Waals surface area (Å²) in [7, 11) is 0. The molecular formula is C20H17N5O. The quantitative estimate of drug-likeness (QED) is 0.390. The summed E-state index contributed by atoms with van der Waals surface area (Å²) in [4.78, 5) is 22.8. The summed E-state index contributed by atoms with van der Waals surface area (Å²) in [5.74, 6) is -0.298. The van der Waals surface area contributed by atoms with Crippen LogP contribution in [0, 0.1) is 6.92 Å². The number of hydrogen-bond acceptors (Lipinski definition) is 3. The number of hydrazone groups is 1. The maximum atomic E-state index is 12.7. The number of carbonyl (C=O) groups is 1. The van der Waals surface area contributed by atoms with Crippen LogP contribution in [-0.2, 0) is 0 Å². The highest BCUT2D eigenvalue weighted by molar-refractivity contribution is 6.09. The fourth-order valence-corrected chi connectivity index (χ4v) is 2.93. The number of amides is 1. The van der Waals surface area contributed by atoms with Crippen LogP contribution < -0.4 is 5.43 Å². The lowest BCUT2D eigenvalue weighted by Crippen LogP contribution is -2.18. The van der Waals surface area contributed by atoms with E-state index in [1.54, 1.807) is 12.5 Å². The monoisotopic (exact) mass is 343 g/mol. The summed E-state index contributed by atoms with van der Waals surface area (Å²) >= 11 is 0. The lowest BCUT2D eigenvalue weighted by Gasteiger charge is -2.04. The molecule has 128 valence electrons. The highest BCUT2D eigenvalue weighted by atomic mass is 16.2. The summed E-state index contributed by atoms with van der Waals surface area (Å²) in [5.41, 5.74) is 7.67. The zero-order chi connectivity index (χ0) is 17.9. The summed E-state index contributed by atoms with van der Waals surface area (Å²) in [6, 6.07) is 16.0. The number of H-pyrrole nitrogens is 2. The average molecular weight is 343 g/mol. The number of rotatable bonds is 4. The Kier molecular flexibility index (Phi) is 4.07. The molecule has 0 atom stereocenters. The molecule has 0 radical (unpaired) electrons. The van der Waals surface area contributed by atoms with E-state index in [1.807, 2.05) is 49.4 Å². The smallest absolute Gasteiger partial charge is 0.288 e. The van der Waals surface area contributed by atoms with Crippen molar-refractivity contribution in [1.29, 1.82) is 0 Å². The van der Waals surface area contributed by atoms with Crippen molar-refractivity contribution in [2.45, 2.75) is 6.92 Å². The maximum absolute atomic E-state index is 12.7. The second-order valence-electron chi connectivity index (χ2n) is 6.00. The van der Waals surface area contributed by atoms with Gasteiger partial charge in [-0.05, 0) is 24.6 Å². The van der Waals surface area contributed by atoms with Crippen molar-refractivity contribution in [3.8, 4) is 11.1 Å². The van der Waals surface area contributed by atoms with Gasteiger partial charge in [-0.3, -0.25) is 4.79 Å². The minimum atomic E-state index is -0.298. The molecule has 0 fully saturated rings. The van der Waals surface area contributed by atoms with E-state index in [9.17, 15) is 4.79 Å². The molecule has 0 saturated carbocycles. The normalized spacial score (nSPS) is 11.3. The van der Waals surface area contributed by atoms with E-state index in [4.69, 9.17) is 0 Å². The van der Waals surface area contributed by atoms with Crippen LogP contribution in [0.25, 0.3) is 22.0 Å². The second-order valence-corrected chi connectivity index (χ2v) is 6.00. The molecule has 6 heteroatoms. The van der Waals surface area contributed by atoms with Crippen LogP contribution in [0.15, 0.2) is 66.2 Å². The largest absolute Gasteiger partial charge is 0.350 e. The van der Waals surface area contributed by atoms with Crippen molar-refractivity contribution in [2.24, 2.45) is 5.10 Å². The molecule has 1 amide bonds. The van der Waals surface area contributed by atoms with E-state index in [2.05, 4.69) is 31.5 Å². The van der Waals surface area contributed by atoms with Crippen LogP contribution in [0.1, 0.15) is 21.7 Å². The molecule has 0 unspecified atom stereocenters. The standard InChI is InChI=1S/C20H17N5O/c1-13-7-8-17-16(9-13)18(14-5-3-2-4-6-14)19(24-17)20(26)25-23-11-15-10-21-12-22-15/h2-12,24H,1H3,(H,21,22)(H,25,26)/b23-11+. The van der Waals surface area contributed by atoms with E-state index in [-0.39, 0.29) is 5.91 Å². The molecule has 0 aliphatic rings. The summed E-state index contributed by atoms with van der Waals surface area (Å²) in [5, 5.41) is 5.01. The van der Waals surface area contributed by atoms with E-state index in [0.717, 1.165) is 27.6 Å². The molecule has 2 heterocycles. The fourth-order valence-electron chi connectivity index (χ4n) is 2.93. The highest BCUT2D eigenvalue weighted by Crippen LogP contribution is 2.33. The van der Waals surface area contributed by atoms with Crippen molar-refractivity contribution < 1.29 is 4.79 Å². The molecule has 0 saturated heterocycles. The number of benzene rings is 2. The topological polar surface area (TPSA) is 85.9 Å². The Bertz CT molecular complexity index is 1080. The van der Waals surface area contributed by atoms with Gasteiger partial charge in [0, 0.05) is 16.5 Å². The Labute approximate surface area is 150 Å². The van der Waals surface area contributed by atoms with Crippen LogP contribution in [0.5, 0.6) is 0 Å². The molecule has 4 rings (SSSR count). The van der Waals surface area contributed by atoms with Gasteiger partial charge in [0.1, 0.15) is 5.69 Å². The molecule has 3 N–H and O–H groups in total. The summed E-state index contributed by atoms with van der Waals surface area (Å²) in [6.07, 6.45) is 4.69. The van der Waals surface area contributed by atoms with Gasteiger partial charge in [-0.1, -0.05) is 42.0 Å². The van der Waals surface area contributed by atoms with Gasteiger partial charge >= 0.3 is 0 Å². The van der Waals surface area contributed by atoms with Gasteiger partial charge in [-0.15, -0.1) is 0 Å². The number of aromatic nitrogens is 3. The van der Waals surface area contributed by atoms with Gasteiger partial charge in [-0.2, -0.15) is 5.10 Å². The number of carbonyl (C=O) groups excluding carboxylic acids is 1. The number of imidazole rings is 1. The molecule has 2 aromatic carbocycles. The van der Waals surface area contributed by atoms with E-state index in [0.29, 0.717) is 11.4 Å². The third-order valence-electron chi connectivity index (χ3n) is 4.13. The van der Waals surface area contributed by atoms with Crippen LogP contribution in [0.4, 0.5) is 0 Å². The SMILES string of the molecule is Cc1ccc2[nH]c(C(=O)N/N=C/c3cnc[nH]3)c(-c3ccccc3)c2c1. The highest BCUT2D eigenvalue weighted by Gasteiger charge is 2.19. The minimum Gasteiger partial charge on any atom is -0.350 e. The zero-order valence-electron chi connectivity index (χ0n) is 14.2. The van der Waals surface area contributed by atoms with Gasteiger partial charge in [0.15, 0.2) is 0 Å². The Morgan fingerprint density at radius 2 is 2.04 bits per heavy atom. The fraction of sp³-hybridized carbons (Fsp3) is 0.0500.